The van der Waals surface area contributed by atoms with Gasteiger partial charge in [-0.2, -0.15) is 4.68 Å². The molecule has 1 aliphatic carbocycles. The molecule has 9 nitrogen and oxygen atoms in total. The van der Waals surface area contributed by atoms with E-state index in [1.165, 1.54) is 4.68 Å². The molecule has 0 aromatic carbocycles. The Morgan fingerprint density at radius 3 is 2.46 bits per heavy atom. The van der Waals surface area contributed by atoms with Crippen LogP contribution in [-0.4, -0.2) is 57.7 Å². The third-order valence-corrected chi connectivity index (χ3v) is 5.97. The Morgan fingerprint density at radius 2 is 1.96 bits per heavy atom. The normalized spacial score (nSPS) is 26.1. The highest BCUT2D eigenvalue weighted by Crippen LogP contribution is 2.43. The number of aryl methyl sites for hydroxylation is 1. The Balaban J connectivity index is 1.75. The third kappa shape index (κ3) is 3.80. The van der Waals surface area contributed by atoms with Crippen molar-refractivity contribution in [2.24, 2.45) is 12.5 Å². The van der Waals surface area contributed by atoms with Crippen molar-refractivity contribution in [3.05, 3.63) is 11.5 Å². The molecule has 0 N–H and O–H groups in total. The third-order valence-electron chi connectivity index (χ3n) is 5.97. The maximum absolute atomic E-state index is 12.7. The topological polar surface area (TPSA) is 97.6 Å². The summed E-state index contributed by atoms with van der Waals surface area (Å²) in [5.41, 5.74) is -0.515. The van der Waals surface area contributed by atoms with Gasteiger partial charge in [0.1, 0.15) is 12.0 Å². The minimum atomic E-state index is -0.783. The fraction of sp³-hybridized carbons (Fsp3) is 0.778. The van der Waals surface area contributed by atoms with Crippen molar-refractivity contribution >= 4 is 13.1 Å². The summed E-state index contributed by atoms with van der Waals surface area (Å²) in [5.74, 6) is -0.269. The van der Waals surface area contributed by atoms with E-state index >= 15 is 0 Å². The predicted molar refractivity (Wildman–Crippen MR) is 101 cm³/mol. The zero-order chi connectivity index (χ0) is 20.6. The van der Waals surface area contributed by atoms with Gasteiger partial charge in [0.05, 0.1) is 17.8 Å². The van der Waals surface area contributed by atoms with Gasteiger partial charge in [0.15, 0.2) is 0 Å². The molecular weight excluding hydrogens is 363 g/mol. The van der Waals surface area contributed by atoms with Crippen LogP contribution in [0.5, 0.6) is 6.01 Å². The van der Waals surface area contributed by atoms with Crippen LogP contribution in [0.2, 0.25) is 0 Å². The van der Waals surface area contributed by atoms with Crippen LogP contribution in [0.25, 0.3) is 0 Å². The maximum atomic E-state index is 12.7. The molecular formula is C18H29BN4O5. The molecule has 3 rings (SSSR count). The smallest absolute Gasteiger partial charge is 0.465 e. The molecule has 1 atom stereocenters. The van der Waals surface area contributed by atoms with Crippen LogP contribution in [0.1, 0.15) is 53.9 Å². The number of nitrogens with zero attached hydrogens (tertiary/aromatic N) is 4. The van der Waals surface area contributed by atoms with E-state index < -0.39 is 23.7 Å². The summed E-state index contributed by atoms with van der Waals surface area (Å²) in [6.45, 7) is 10.4. The van der Waals surface area contributed by atoms with Crippen molar-refractivity contribution in [2.75, 3.05) is 13.2 Å². The highest BCUT2D eigenvalue weighted by Gasteiger charge is 2.53. The van der Waals surface area contributed by atoms with Crippen molar-refractivity contribution < 1.29 is 23.6 Å². The van der Waals surface area contributed by atoms with Gasteiger partial charge in [-0.15, -0.1) is 0 Å². The molecule has 0 radical (unpaired) electrons. The zero-order valence-corrected chi connectivity index (χ0v) is 17.5. The molecule has 1 fully saturated rings. The minimum absolute atomic E-state index is 0.146. The molecule has 0 saturated carbocycles. The summed E-state index contributed by atoms with van der Waals surface area (Å²) in [6.07, 6.45) is 3.75. The molecule has 1 aliphatic heterocycles. The summed E-state index contributed by atoms with van der Waals surface area (Å²) >= 11 is 0. The lowest BCUT2D eigenvalue weighted by Crippen LogP contribution is -2.41. The fourth-order valence-electron chi connectivity index (χ4n) is 3.33. The number of tetrazole rings is 1. The average molecular weight is 392 g/mol. The first-order valence-electron chi connectivity index (χ1n) is 9.67. The van der Waals surface area contributed by atoms with E-state index in [1.54, 1.807) is 14.0 Å². The number of esters is 1. The molecule has 10 heteroatoms. The second-order valence-electron chi connectivity index (χ2n) is 8.45. The number of ether oxygens (including phenoxy) is 2. The SMILES string of the molecule is CCOC(=O)C1(COc2nnnn2C)CC=C(B2OC(C)(C)C(C)(C)O2)CC1. The van der Waals surface area contributed by atoms with E-state index in [0.29, 0.717) is 25.9 Å². The van der Waals surface area contributed by atoms with E-state index in [1.807, 2.05) is 33.8 Å². The van der Waals surface area contributed by atoms with Gasteiger partial charge in [0.2, 0.25) is 0 Å². The van der Waals surface area contributed by atoms with Gasteiger partial charge >= 0.3 is 19.1 Å². The van der Waals surface area contributed by atoms with Gasteiger partial charge in [-0.3, -0.25) is 4.79 Å². The summed E-state index contributed by atoms with van der Waals surface area (Å²) in [5, 5.41) is 11.1. The van der Waals surface area contributed by atoms with Crippen LogP contribution in [0.15, 0.2) is 11.5 Å². The molecule has 0 bridgehead atoms. The molecule has 2 heterocycles. The lowest BCUT2D eigenvalue weighted by atomic mass is 9.66. The van der Waals surface area contributed by atoms with Crippen molar-refractivity contribution in [1.29, 1.82) is 0 Å². The molecule has 1 saturated heterocycles. The van der Waals surface area contributed by atoms with E-state index in [2.05, 4.69) is 15.5 Å². The predicted octanol–water partition coefficient (Wildman–Crippen LogP) is 1.88. The summed E-state index contributed by atoms with van der Waals surface area (Å²) < 4.78 is 24.8. The van der Waals surface area contributed by atoms with E-state index in [9.17, 15) is 4.79 Å². The van der Waals surface area contributed by atoms with Crippen LogP contribution < -0.4 is 4.74 Å². The molecule has 1 aromatic rings. The number of aromatic nitrogens is 4. The first-order valence-corrected chi connectivity index (χ1v) is 9.67. The van der Waals surface area contributed by atoms with Gasteiger partial charge < -0.3 is 18.8 Å². The van der Waals surface area contributed by atoms with Crippen molar-refractivity contribution in [3.63, 3.8) is 0 Å². The minimum Gasteiger partial charge on any atom is -0.465 e. The summed E-state index contributed by atoms with van der Waals surface area (Å²) in [7, 11) is 1.29. The number of hydrogen-bond donors (Lipinski definition) is 0. The number of hydrogen-bond acceptors (Lipinski definition) is 8. The average Bonchev–Trinajstić information content (AvgIpc) is 3.13. The van der Waals surface area contributed by atoms with Gasteiger partial charge in [-0.1, -0.05) is 11.2 Å². The molecule has 2 aliphatic rings. The molecule has 1 aromatic heterocycles. The Labute approximate surface area is 165 Å². The van der Waals surface area contributed by atoms with Crippen LogP contribution >= 0.6 is 0 Å². The number of allylic oxidation sites excluding steroid dienone is 2. The highest BCUT2D eigenvalue weighted by molar-refractivity contribution is 6.54. The van der Waals surface area contributed by atoms with Crippen molar-refractivity contribution in [3.8, 4) is 6.01 Å². The van der Waals surface area contributed by atoms with Crippen LogP contribution in [0.4, 0.5) is 0 Å². The van der Waals surface area contributed by atoms with Gasteiger partial charge in [0, 0.05) is 7.05 Å². The zero-order valence-electron chi connectivity index (χ0n) is 17.5. The fourth-order valence-corrected chi connectivity index (χ4v) is 3.33. The first kappa shape index (κ1) is 20.8. The van der Waals surface area contributed by atoms with Crippen LogP contribution in [0, 0.1) is 5.41 Å². The second-order valence-corrected chi connectivity index (χ2v) is 8.45. The number of carbonyl (C=O) groups is 1. The highest BCUT2D eigenvalue weighted by atomic mass is 16.7. The number of carbonyl (C=O) groups excluding carboxylic acids is 1. The van der Waals surface area contributed by atoms with Gasteiger partial charge in [0.25, 0.3) is 0 Å². The van der Waals surface area contributed by atoms with Crippen LogP contribution in [-0.2, 0) is 25.9 Å². The lowest BCUT2D eigenvalue weighted by Gasteiger charge is -2.33. The standard InChI is InChI=1S/C18H29BN4O5/c1-7-25-14(24)18(12-26-15-20-21-22-23(15)6)10-8-13(9-11-18)19-27-16(2,3)17(4,5)28-19/h8H,7,9-12H2,1-6H3. The quantitative estimate of drug-likeness (QED) is 0.535. The first-order chi connectivity index (χ1) is 13.1. The summed E-state index contributed by atoms with van der Waals surface area (Å²) in [4.78, 5) is 12.7. The molecule has 0 spiro atoms. The molecule has 28 heavy (non-hydrogen) atoms. The Kier molecular flexibility index (Phi) is 5.55. The Hall–Kier alpha value is -1.94. The van der Waals surface area contributed by atoms with Crippen LogP contribution in [0.3, 0.4) is 0 Å². The molecule has 1 unspecified atom stereocenters. The summed E-state index contributed by atoms with van der Waals surface area (Å²) in [6, 6.07) is 0.268. The second kappa shape index (κ2) is 7.48. The monoisotopic (exact) mass is 392 g/mol. The molecule has 0 amide bonds. The largest absolute Gasteiger partial charge is 0.490 e. The Bertz CT molecular complexity index is 747. The Morgan fingerprint density at radius 1 is 1.29 bits per heavy atom. The molecule has 154 valence electrons. The maximum Gasteiger partial charge on any atom is 0.490 e. The van der Waals surface area contributed by atoms with Crippen molar-refractivity contribution in [1.82, 2.24) is 20.2 Å². The van der Waals surface area contributed by atoms with E-state index in [4.69, 9.17) is 18.8 Å². The van der Waals surface area contributed by atoms with E-state index in [0.717, 1.165) is 5.47 Å². The van der Waals surface area contributed by atoms with Gasteiger partial charge in [-0.25, -0.2) is 0 Å². The number of rotatable bonds is 6. The van der Waals surface area contributed by atoms with Gasteiger partial charge in [-0.05, 0) is 69.8 Å². The van der Waals surface area contributed by atoms with E-state index in [-0.39, 0.29) is 18.6 Å². The van der Waals surface area contributed by atoms with Crippen molar-refractivity contribution in [2.45, 2.75) is 65.1 Å². The lowest BCUT2D eigenvalue weighted by molar-refractivity contribution is -0.158.